The minimum Gasteiger partial charge on any atom is -0.494 e. The number of H-pyrrole nitrogens is 1. The summed E-state index contributed by atoms with van der Waals surface area (Å²) < 4.78 is 3.66. The molecule has 4 aromatic rings. The van der Waals surface area contributed by atoms with E-state index < -0.39 is 5.56 Å². The van der Waals surface area contributed by atoms with Crippen LogP contribution in [0, 0.1) is 15.3 Å². The molecule has 9 nitrogen and oxygen atoms in total. The van der Waals surface area contributed by atoms with Gasteiger partial charge in [-0.1, -0.05) is 54.6 Å². The van der Waals surface area contributed by atoms with Crippen LogP contribution < -0.4 is 16.1 Å². The summed E-state index contributed by atoms with van der Waals surface area (Å²) in [5.41, 5.74) is 0.645. The second-order valence-corrected chi connectivity index (χ2v) is 8.47. The van der Waals surface area contributed by atoms with Crippen LogP contribution in [-0.2, 0) is 7.05 Å². The molecule has 0 saturated carbocycles. The molecule has 0 aliphatic carbocycles. The SMILES string of the molecule is CC(c1ccccc1)n1c(O)c(C=c2ccc(=c3ccc(=C4N=NN=N4)cc3)n2C)c(=O)[nH]c1=S. The van der Waals surface area contributed by atoms with Crippen molar-refractivity contribution < 1.29 is 5.11 Å². The quantitative estimate of drug-likeness (QED) is 0.434. The lowest BCUT2D eigenvalue weighted by Gasteiger charge is -2.19. The van der Waals surface area contributed by atoms with E-state index in [9.17, 15) is 9.90 Å². The highest BCUT2D eigenvalue weighted by Crippen LogP contribution is 2.24. The molecule has 0 saturated heterocycles. The fraction of sp³-hybridized carbons (Fsp3) is 0.120. The summed E-state index contributed by atoms with van der Waals surface area (Å²) in [5, 5.41) is 29.3. The van der Waals surface area contributed by atoms with Crippen molar-refractivity contribution in [3.05, 3.63) is 114 Å². The van der Waals surface area contributed by atoms with Gasteiger partial charge >= 0.3 is 0 Å². The van der Waals surface area contributed by atoms with Gasteiger partial charge in [-0.15, -0.1) is 10.2 Å². The van der Waals surface area contributed by atoms with E-state index in [1.807, 2.05) is 85.3 Å². The van der Waals surface area contributed by atoms with Crippen LogP contribution in [0.25, 0.3) is 11.9 Å². The second-order valence-electron chi connectivity index (χ2n) is 8.08. The van der Waals surface area contributed by atoms with Gasteiger partial charge in [0.25, 0.3) is 5.56 Å². The molecule has 1 aliphatic rings. The molecule has 0 fully saturated rings. The molecule has 0 bridgehead atoms. The normalized spacial score (nSPS) is 14.1. The summed E-state index contributed by atoms with van der Waals surface area (Å²) in [5.74, 6) is 0.287. The Kier molecular flexibility index (Phi) is 5.79. The van der Waals surface area contributed by atoms with Gasteiger partial charge in [0.15, 0.2) is 4.77 Å². The fourth-order valence-electron chi connectivity index (χ4n) is 4.08. The van der Waals surface area contributed by atoms with E-state index in [4.69, 9.17) is 12.2 Å². The molecule has 1 atom stereocenters. The van der Waals surface area contributed by atoms with Crippen LogP contribution >= 0.6 is 12.2 Å². The monoisotopic (exact) mass is 483 g/mol. The molecule has 1 aliphatic heterocycles. The van der Waals surface area contributed by atoms with Crippen LogP contribution in [0.3, 0.4) is 0 Å². The lowest BCUT2D eigenvalue weighted by atomic mass is 10.1. The lowest BCUT2D eigenvalue weighted by molar-refractivity contribution is 0.392. The first-order chi connectivity index (χ1) is 16.9. The van der Waals surface area contributed by atoms with Gasteiger partial charge in [-0.3, -0.25) is 14.3 Å². The minimum absolute atomic E-state index is 0.137. The minimum atomic E-state index is -0.451. The van der Waals surface area contributed by atoms with Gasteiger partial charge in [-0.2, -0.15) is 0 Å². The van der Waals surface area contributed by atoms with Crippen molar-refractivity contribution >= 4 is 24.1 Å². The first-order valence-electron chi connectivity index (χ1n) is 10.9. The predicted molar refractivity (Wildman–Crippen MR) is 133 cm³/mol. The molecule has 0 radical (unpaired) electrons. The number of benzene rings is 2. The summed E-state index contributed by atoms with van der Waals surface area (Å²) in [6.07, 6.45) is 1.66. The molecule has 2 aromatic heterocycles. The molecule has 2 N–H and O–H groups in total. The first-order valence-corrected chi connectivity index (χ1v) is 11.3. The molecular formula is C25H21N7O2S. The third-order valence-electron chi connectivity index (χ3n) is 6.03. The van der Waals surface area contributed by atoms with Crippen LogP contribution in [0.4, 0.5) is 0 Å². The van der Waals surface area contributed by atoms with Gasteiger partial charge in [-0.25, -0.2) is 0 Å². The number of aromatic amines is 1. The summed E-state index contributed by atoms with van der Waals surface area (Å²) in [6.45, 7) is 1.92. The Bertz CT molecular complexity index is 1800. The van der Waals surface area contributed by atoms with E-state index in [1.54, 1.807) is 10.6 Å². The molecule has 3 heterocycles. The van der Waals surface area contributed by atoms with Crippen LogP contribution in [0.5, 0.6) is 5.88 Å². The Hall–Kier alpha value is -4.44. The number of rotatable bonds is 3. The highest BCUT2D eigenvalue weighted by molar-refractivity contribution is 7.71. The Morgan fingerprint density at radius 1 is 0.971 bits per heavy atom. The van der Waals surface area contributed by atoms with E-state index in [1.165, 1.54) is 0 Å². The maximum Gasteiger partial charge on any atom is 0.262 e. The number of aromatic hydroxyl groups is 1. The smallest absolute Gasteiger partial charge is 0.262 e. The molecule has 174 valence electrons. The second kappa shape index (κ2) is 9.07. The summed E-state index contributed by atoms with van der Waals surface area (Å²) in [4.78, 5) is 15.5. The van der Waals surface area contributed by atoms with E-state index in [0.29, 0.717) is 5.82 Å². The van der Waals surface area contributed by atoms with Gasteiger partial charge in [-0.05, 0) is 58.6 Å². The number of nitrogens with one attached hydrogen (secondary N) is 1. The third-order valence-corrected chi connectivity index (χ3v) is 6.33. The van der Waals surface area contributed by atoms with Crippen molar-refractivity contribution in [1.29, 1.82) is 0 Å². The molecule has 5 rings (SSSR count). The molecule has 10 heteroatoms. The first kappa shape index (κ1) is 22.4. The predicted octanol–water partition coefficient (Wildman–Crippen LogP) is 3.57. The van der Waals surface area contributed by atoms with E-state index in [0.717, 1.165) is 26.7 Å². The van der Waals surface area contributed by atoms with Crippen LogP contribution in [0.15, 0.2) is 92.2 Å². The number of hydrogen-bond donors (Lipinski definition) is 2. The molecule has 35 heavy (non-hydrogen) atoms. The standard InChI is InChI=1S/C25H21N7O2S/c1-15(16-6-4-3-5-7-16)32-24(34)20(23(33)26-25(32)35)14-19-12-13-21(31(19)2)17-8-10-18(11-9-17)22-27-29-30-28-22/h3-15,34H,1-2H3,(H,26,33,35). The Balaban J connectivity index is 1.65. The molecule has 0 spiro atoms. The zero-order valence-electron chi connectivity index (χ0n) is 19.0. The highest BCUT2D eigenvalue weighted by Gasteiger charge is 2.17. The molecule has 1 unspecified atom stereocenters. The molecule has 0 amide bonds. The third kappa shape index (κ3) is 4.15. The van der Waals surface area contributed by atoms with Gasteiger partial charge in [0.2, 0.25) is 11.7 Å². The van der Waals surface area contributed by atoms with Gasteiger partial charge in [0.1, 0.15) is 5.56 Å². The summed E-state index contributed by atoms with van der Waals surface area (Å²) in [6, 6.07) is 20.9. The van der Waals surface area contributed by atoms with Gasteiger partial charge < -0.3 is 9.67 Å². The van der Waals surface area contributed by atoms with E-state index in [2.05, 4.69) is 25.7 Å². The van der Waals surface area contributed by atoms with Crippen molar-refractivity contribution in [3.8, 4) is 5.88 Å². The van der Waals surface area contributed by atoms with Gasteiger partial charge in [0, 0.05) is 23.0 Å². The van der Waals surface area contributed by atoms with Crippen molar-refractivity contribution in [2.45, 2.75) is 13.0 Å². The maximum absolute atomic E-state index is 12.8. The number of hydrogen-bond acceptors (Lipinski definition) is 7. The number of aromatic nitrogens is 3. The van der Waals surface area contributed by atoms with Crippen LogP contribution in [0.2, 0.25) is 0 Å². The largest absolute Gasteiger partial charge is 0.494 e. The number of nitrogens with zero attached hydrogens (tertiary/aromatic N) is 6. The van der Waals surface area contributed by atoms with E-state index >= 15 is 0 Å². The van der Waals surface area contributed by atoms with Crippen LogP contribution in [0.1, 0.15) is 24.1 Å². The zero-order valence-corrected chi connectivity index (χ0v) is 19.8. The Labute approximate surface area is 204 Å². The van der Waals surface area contributed by atoms with Crippen molar-refractivity contribution in [2.75, 3.05) is 0 Å². The van der Waals surface area contributed by atoms with E-state index in [-0.39, 0.29) is 22.3 Å². The lowest BCUT2D eigenvalue weighted by Crippen LogP contribution is -2.22. The summed E-state index contributed by atoms with van der Waals surface area (Å²) in [7, 11) is 1.90. The maximum atomic E-state index is 12.8. The van der Waals surface area contributed by atoms with Crippen molar-refractivity contribution in [1.82, 2.24) is 14.1 Å². The van der Waals surface area contributed by atoms with Gasteiger partial charge in [0.05, 0.1) is 6.04 Å². The highest BCUT2D eigenvalue weighted by atomic mass is 32.1. The average molecular weight is 484 g/mol. The fourth-order valence-corrected chi connectivity index (χ4v) is 4.42. The topological polar surface area (TPSA) is 112 Å². The Morgan fingerprint density at radius 2 is 1.63 bits per heavy atom. The summed E-state index contributed by atoms with van der Waals surface area (Å²) >= 11 is 5.37. The average Bonchev–Trinajstić information content (AvgIpc) is 3.53. The molecule has 2 aromatic carbocycles. The van der Waals surface area contributed by atoms with Crippen LogP contribution in [-0.4, -0.2) is 19.2 Å². The van der Waals surface area contributed by atoms with Crippen molar-refractivity contribution in [2.24, 2.45) is 27.7 Å². The molecular weight excluding hydrogens is 462 g/mol. The zero-order chi connectivity index (χ0) is 24.5. The van der Waals surface area contributed by atoms with Crippen molar-refractivity contribution in [3.63, 3.8) is 0 Å². The Morgan fingerprint density at radius 3 is 2.31 bits per heavy atom.